The third-order valence-electron chi connectivity index (χ3n) is 3.29. The summed E-state index contributed by atoms with van der Waals surface area (Å²) in [7, 11) is 1.79. The van der Waals surface area contributed by atoms with Crippen LogP contribution in [0.2, 0.25) is 0 Å². The van der Waals surface area contributed by atoms with Crippen LogP contribution in [0.15, 0.2) is 34.1 Å². The van der Waals surface area contributed by atoms with E-state index in [-0.39, 0.29) is 0 Å². The minimum atomic E-state index is -0.787. The standard InChI is InChI=1S/C15H15BrF2N2OS/c1-9(20(2)8-10-6-7-13(16)22-10)15(21)19-14-11(17)4-3-5-12(14)18/h3-7,9H,8H2,1-2H3,(H,19,21). The highest BCUT2D eigenvalue weighted by Crippen LogP contribution is 2.24. The smallest absolute Gasteiger partial charge is 0.241 e. The van der Waals surface area contributed by atoms with Gasteiger partial charge in [0.05, 0.1) is 9.83 Å². The number of nitrogens with zero attached hydrogens (tertiary/aromatic N) is 1. The van der Waals surface area contributed by atoms with Crippen LogP contribution in [0.3, 0.4) is 0 Å². The Labute approximate surface area is 140 Å². The number of amides is 1. The molecule has 22 heavy (non-hydrogen) atoms. The van der Waals surface area contributed by atoms with Gasteiger partial charge in [-0.3, -0.25) is 9.69 Å². The summed E-state index contributed by atoms with van der Waals surface area (Å²) in [5.41, 5.74) is -0.411. The Hall–Kier alpha value is -1.31. The van der Waals surface area contributed by atoms with Gasteiger partial charge in [0.25, 0.3) is 0 Å². The molecule has 0 aliphatic rings. The van der Waals surface area contributed by atoms with Gasteiger partial charge < -0.3 is 5.32 Å². The highest BCUT2D eigenvalue weighted by Gasteiger charge is 2.21. The number of halogens is 3. The van der Waals surface area contributed by atoms with Gasteiger partial charge in [-0.15, -0.1) is 11.3 Å². The number of carbonyl (C=O) groups is 1. The average Bonchev–Trinajstić information content (AvgIpc) is 2.87. The second kappa shape index (κ2) is 7.30. The van der Waals surface area contributed by atoms with Gasteiger partial charge in [0.2, 0.25) is 5.91 Å². The molecule has 0 spiro atoms. The maximum atomic E-state index is 13.6. The molecule has 0 aliphatic heterocycles. The Balaban J connectivity index is 2.02. The number of thiophene rings is 1. The van der Waals surface area contributed by atoms with E-state index >= 15 is 0 Å². The van der Waals surface area contributed by atoms with E-state index in [1.807, 2.05) is 17.0 Å². The summed E-state index contributed by atoms with van der Waals surface area (Å²) in [6, 6.07) is 6.84. The second-order valence-electron chi connectivity index (χ2n) is 4.88. The van der Waals surface area contributed by atoms with Crippen LogP contribution in [0.25, 0.3) is 0 Å². The third-order valence-corrected chi connectivity index (χ3v) is 4.89. The fraction of sp³-hybridized carbons (Fsp3) is 0.267. The Morgan fingerprint density at radius 3 is 2.50 bits per heavy atom. The topological polar surface area (TPSA) is 32.3 Å². The van der Waals surface area contributed by atoms with E-state index in [2.05, 4.69) is 21.2 Å². The van der Waals surface area contributed by atoms with Crippen LogP contribution in [0, 0.1) is 11.6 Å². The molecule has 0 bridgehead atoms. The van der Waals surface area contributed by atoms with Crippen molar-refractivity contribution in [2.75, 3.05) is 12.4 Å². The molecule has 0 aliphatic carbocycles. The van der Waals surface area contributed by atoms with E-state index in [1.165, 1.54) is 6.07 Å². The summed E-state index contributed by atoms with van der Waals surface area (Å²) in [5.74, 6) is -2.03. The Morgan fingerprint density at radius 1 is 1.32 bits per heavy atom. The summed E-state index contributed by atoms with van der Waals surface area (Å²) in [4.78, 5) is 15.1. The van der Waals surface area contributed by atoms with Crippen molar-refractivity contribution in [1.82, 2.24) is 4.90 Å². The Morgan fingerprint density at radius 2 is 1.95 bits per heavy atom. The van der Waals surface area contributed by atoms with Crippen molar-refractivity contribution in [3.63, 3.8) is 0 Å². The average molecular weight is 389 g/mol. The lowest BCUT2D eigenvalue weighted by Gasteiger charge is -2.23. The van der Waals surface area contributed by atoms with Crippen molar-refractivity contribution in [2.45, 2.75) is 19.5 Å². The van der Waals surface area contributed by atoms with E-state index in [0.29, 0.717) is 6.54 Å². The molecule has 2 rings (SSSR count). The molecule has 3 nitrogen and oxygen atoms in total. The molecule has 0 saturated carbocycles. The molecule has 1 heterocycles. The first-order valence-corrected chi connectivity index (χ1v) is 8.18. The molecular formula is C15H15BrF2N2OS. The molecule has 118 valence electrons. The molecule has 7 heteroatoms. The molecule has 1 amide bonds. The van der Waals surface area contributed by atoms with Crippen molar-refractivity contribution in [3.8, 4) is 0 Å². The van der Waals surface area contributed by atoms with Crippen molar-refractivity contribution in [2.24, 2.45) is 0 Å². The predicted octanol–water partition coefficient (Wildman–Crippen LogP) is 4.25. The van der Waals surface area contributed by atoms with Gasteiger partial charge in [0.1, 0.15) is 17.3 Å². The van der Waals surface area contributed by atoms with Crippen LogP contribution in [0.5, 0.6) is 0 Å². The summed E-state index contributed by atoms with van der Waals surface area (Å²) in [5, 5.41) is 2.31. The molecular weight excluding hydrogens is 374 g/mol. The minimum absolute atomic E-state index is 0.411. The second-order valence-corrected chi connectivity index (χ2v) is 7.43. The lowest BCUT2D eigenvalue weighted by atomic mass is 10.2. The number of hydrogen-bond acceptors (Lipinski definition) is 3. The van der Waals surface area contributed by atoms with E-state index in [1.54, 1.807) is 25.3 Å². The van der Waals surface area contributed by atoms with Crippen molar-refractivity contribution < 1.29 is 13.6 Å². The van der Waals surface area contributed by atoms with E-state index in [4.69, 9.17) is 0 Å². The van der Waals surface area contributed by atoms with Crippen LogP contribution in [-0.2, 0) is 11.3 Å². The Bertz CT molecular complexity index is 657. The van der Waals surface area contributed by atoms with Crippen molar-refractivity contribution in [1.29, 1.82) is 0 Å². The zero-order valence-electron chi connectivity index (χ0n) is 12.1. The zero-order chi connectivity index (χ0) is 16.3. The fourth-order valence-corrected chi connectivity index (χ4v) is 3.41. The van der Waals surface area contributed by atoms with Crippen LogP contribution >= 0.6 is 27.3 Å². The lowest BCUT2D eigenvalue weighted by Crippen LogP contribution is -2.39. The SMILES string of the molecule is CC(C(=O)Nc1c(F)cccc1F)N(C)Cc1ccc(Br)s1. The van der Waals surface area contributed by atoms with E-state index in [9.17, 15) is 13.6 Å². The summed E-state index contributed by atoms with van der Waals surface area (Å²) >= 11 is 4.96. The monoisotopic (exact) mass is 388 g/mol. The normalized spacial score (nSPS) is 12.5. The number of hydrogen-bond donors (Lipinski definition) is 1. The zero-order valence-corrected chi connectivity index (χ0v) is 14.5. The van der Waals surface area contributed by atoms with Gasteiger partial charge in [-0.1, -0.05) is 6.07 Å². The van der Waals surface area contributed by atoms with Crippen LogP contribution < -0.4 is 5.32 Å². The lowest BCUT2D eigenvalue weighted by molar-refractivity contribution is -0.120. The van der Waals surface area contributed by atoms with Gasteiger partial charge >= 0.3 is 0 Å². The number of rotatable bonds is 5. The van der Waals surface area contributed by atoms with E-state index < -0.39 is 29.3 Å². The number of nitrogens with one attached hydrogen (secondary N) is 1. The number of benzene rings is 1. The molecule has 0 saturated heterocycles. The molecule has 0 radical (unpaired) electrons. The first kappa shape index (κ1) is 17.1. The van der Waals surface area contributed by atoms with Gasteiger partial charge in [0.15, 0.2) is 0 Å². The van der Waals surface area contributed by atoms with Crippen LogP contribution in [-0.4, -0.2) is 23.9 Å². The maximum Gasteiger partial charge on any atom is 0.241 e. The fourth-order valence-electron chi connectivity index (χ4n) is 1.86. The maximum absolute atomic E-state index is 13.6. The number of likely N-dealkylation sites (N-methyl/N-ethyl adjacent to an activating group) is 1. The summed E-state index contributed by atoms with van der Waals surface area (Å²) < 4.78 is 28.1. The van der Waals surface area contributed by atoms with Crippen molar-refractivity contribution >= 4 is 38.9 Å². The highest BCUT2D eigenvalue weighted by molar-refractivity contribution is 9.11. The van der Waals surface area contributed by atoms with Gasteiger partial charge in [-0.2, -0.15) is 0 Å². The van der Waals surface area contributed by atoms with Gasteiger partial charge in [-0.05, 0) is 54.2 Å². The minimum Gasteiger partial charge on any atom is -0.320 e. The molecule has 2 aromatic rings. The van der Waals surface area contributed by atoms with Gasteiger partial charge in [-0.25, -0.2) is 8.78 Å². The molecule has 1 atom stereocenters. The summed E-state index contributed by atoms with van der Waals surface area (Å²) in [6.45, 7) is 2.27. The quantitative estimate of drug-likeness (QED) is 0.830. The highest BCUT2D eigenvalue weighted by atomic mass is 79.9. The van der Waals surface area contributed by atoms with Gasteiger partial charge in [0, 0.05) is 11.4 Å². The first-order valence-electron chi connectivity index (χ1n) is 6.58. The van der Waals surface area contributed by atoms with Crippen LogP contribution in [0.4, 0.5) is 14.5 Å². The Kier molecular flexibility index (Phi) is 5.66. The number of anilines is 1. The number of carbonyl (C=O) groups excluding carboxylic acids is 1. The predicted molar refractivity (Wildman–Crippen MR) is 87.9 cm³/mol. The number of para-hydroxylation sites is 1. The van der Waals surface area contributed by atoms with E-state index in [0.717, 1.165) is 20.8 Å². The van der Waals surface area contributed by atoms with Crippen LogP contribution in [0.1, 0.15) is 11.8 Å². The third kappa shape index (κ3) is 4.12. The molecule has 1 N–H and O–H groups in total. The molecule has 1 unspecified atom stereocenters. The first-order chi connectivity index (χ1) is 10.4. The molecule has 1 aromatic carbocycles. The van der Waals surface area contributed by atoms with Crippen molar-refractivity contribution in [3.05, 3.63) is 50.6 Å². The molecule has 0 fully saturated rings. The molecule has 1 aromatic heterocycles. The largest absolute Gasteiger partial charge is 0.320 e. The summed E-state index contributed by atoms with van der Waals surface area (Å²) in [6.07, 6.45) is 0.